The van der Waals surface area contributed by atoms with Crippen LogP contribution in [0.5, 0.6) is 0 Å². The van der Waals surface area contributed by atoms with Gasteiger partial charge in [-0.25, -0.2) is 4.98 Å². The SMILES string of the molecule is C[Si](C)(C)c1ccc2c3ccc(-c4cc5cc(c4)c4cc(ccn4)c4cccc(c4)c4cccc(c4)c4cccc(c4)c4cccc5c4)cc3n(-c3ccccn3)c2c1. The summed E-state index contributed by atoms with van der Waals surface area (Å²) in [5, 5.41) is 16.7. The number of rotatable bonds is 3. The van der Waals surface area contributed by atoms with E-state index in [1.165, 1.54) is 53.8 Å². The molecule has 280 valence electrons. The Morgan fingerprint density at radius 2 is 0.864 bits per heavy atom. The third kappa shape index (κ3) is 6.30. The zero-order chi connectivity index (χ0) is 39.7. The highest BCUT2D eigenvalue weighted by Gasteiger charge is 2.20. The quantitative estimate of drug-likeness (QED) is 0.168. The Labute approximate surface area is 343 Å². The molecule has 3 aromatic heterocycles. The van der Waals surface area contributed by atoms with Crippen LogP contribution in [0.2, 0.25) is 19.6 Å². The molecule has 0 fully saturated rings. The summed E-state index contributed by atoms with van der Waals surface area (Å²) in [6.07, 6.45) is 3.84. The molecule has 11 rings (SSSR count). The van der Waals surface area contributed by atoms with E-state index in [2.05, 4.69) is 200 Å². The van der Waals surface area contributed by atoms with Crippen molar-refractivity contribution in [3.8, 4) is 16.9 Å². The maximum Gasteiger partial charge on any atom is 0.137 e. The Balaban J connectivity index is 1.24. The first-order chi connectivity index (χ1) is 28.8. The Morgan fingerprint density at radius 3 is 1.42 bits per heavy atom. The van der Waals surface area contributed by atoms with Gasteiger partial charge in [0.25, 0.3) is 0 Å². The standard InChI is InChI=1S/C55H41N3Si/c1-59(2,3)49-20-22-51-50-21-19-44(34-53(50)58(54(51)35-49)55-18-4-5-24-57-55)47-30-46-31-48(32-47)52-33-45(23-25-56-52)42-16-8-14-40(28-42)38-12-6-10-36(26-38)37-11-7-13-39(27-37)41-15-9-17-43(46)29-41/h4-35H,1-3H3. The predicted octanol–water partition coefficient (Wildman–Crippen LogP) is 14.4. The number of hydrogen-bond donors (Lipinski definition) is 0. The second kappa shape index (κ2) is 13.8. The van der Waals surface area contributed by atoms with Crippen LogP contribution in [0.1, 0.15) is 0 Å². The van der Waals surface area contributed by atoms with E-state index in [1.807, 2.05) is 18.5 Å². The van der Waals surface area contributed by atoms with Gasteiger partial charge in [0, 0.05) is 28.6 Å². The van der Waals surface area contributed by atoms with Gasteiger partial charge in [0.05, 0.1) is 24.6 Å². The topological polar surface area (TPSA) is 30.7 Å². The van der Waals surface area contributed by atoms with Crippen LogP contribution in [0.3, 0.4) is 0 Å². The molecule has 8 aromatic carbocycles. The second-order valence-corrected chi connectivity index (χ2v) is 21.9. The van der Waals surface area contributed by atoms with Crippen LogP contribution in [-0.2, 0) is 0 Å². The number of aromatic nitrogens is 3. The molecule has 0 atom stereocenters. The van der Waals surface area contributed by atoms with Crippen LogP contribution < -0.4 is 5.19 Å². The van der Waals surface area contributed by atoms with Crippen molar-refractivity contribution < 1.29 is 0 Å². The van der Waals surface area contributed by atoms with Crippen molar-refractivity contribution >= 4 is 99.8 Å². The molecule has 0 spiro atoms. The molecule has 12 bridgehead atoms. The van der Waals surface area contributed by atoms with Gasteiger partial charge < -0.3 is 0 Å². The minimum Gasteiger partial charge on any atom is -0.294 e. The third-order valence-corrected chi connectivity index (χ3v) is 14.0. The molecule has 0 aliphatic carbocycles. The van der Waals surface area contributed by atoms with Crippen molar-refractivity contribution in [2.24, 2.45) is 0 Å². The maximum absolute atomic E-state index is 5.01. The van der Waals surface area contributed by atoms with Gasteiger partial charge in [0.15, 0.2) is 0 Å². The van der Waals surface area contributed by atoms with E-state index in [1.54, 1.807) is 0 Å². The largest absolute Gasteiger partial charge is 0.294 e. The van der Waals surface area contributed by atoms with E-state index in [0.29, 0.717) is 0 Å². The van der Waals surface area contributed by atoms with Crippen LogP contribution in [0.25, 0.3) is 104 Å². The molecular weight excluding hydrogens is 731 g/mol. The van der Waals surface area contributed by atoms with Crippen LogP contribution in [0.4, 0.5) is 0 Å². The lowest BCUT2D eigenvalue weighted by atomic mass is 9.98. The summed E-state index contributed by atoms with van der Waals surface area (Å²) in [5.41, 5.74) is 5.55. The zero-order valence-electron chi connectivity index (χ0n) is 33.3. The van der Waals surface area contributed by atoms with Gasteiger partial charge in [0.1, 0.15) is 5.82 Å². The fourth-order valence-electron chi connectivity index (χ4n) is 8.79. The van der Waals surface area contributed by atoms with Crippen molar-refractivity contribution in [3.63, 3.8) is 0 Å². The summed E-state index contributed by atoms with van der Waals surface area (Å²) >= 11 is 0. The van der Waals surface area contributed by atoms with Crippen molar-refractivity contribution in [3.05, 3.63) is 194 Å². The van der Waals surface area contributed by atoms with Crippen molar-refractivity contribution in [1.82, 2.24) is 14.5 Å². The van der Waals surface area contributed by atoms with Crippen LogP contribution in [0, 0.1) is 0 Å². The van der Waals surface area contributed by atoms with Crippen molar-refractivity contribution in [2.45, 2.75) is 19.6 Å². The number of fused-ring (bicyclic) bond motifs is 21. The Kier molecular flexibility index (Phi) is 8.17. The van der Waals surface area contributed by atoms with Crippen molar-refractivity contribution in [1.29, 1.82) is 0 Å². The van der Waals surface area contributed by atoms with Gasteiger partial charge in [0.2, 0.25) is 0 Å². The Hall–Kier alpha value is -7.14. The number of nitrogens with zero attached hydrogens (tertiary/aromatic N) is 3. The Morgan fingerprint density at radius 1 is 0.356 bits per heavy atom. The van der Waals surface area contributed by atoms with E-state index >= 15 is 0 Å². The van der Waals surface area contributed by atoms with Crippen LogP contribution >= 0.6 is 0 Å². The summed E-state index contributed by atoms with van der Waals surface area (Å²) < 4.78 is 2.35. The lowest BCUT2D eigenvalue weighted by molar-refractivity contribution is 1.08. The van der Waals surface area contributed by atoms with Gasteiger partial charge >= 0.3 is 0 Å². The fraction of sp³-hybridized carbons (Fsp3) is 0.0545. The normalized spacial score (nSPS) is 12.0. The van der Waals surface area contributed by atoms with E-state index < -0.39 is 8.07 Å². The molecule has 0 N–H and O–H groups in total. The molecule has 0 saturated carbocycles. The van der Waals surface area contributed by atoms with E-state index in [-0.39, 0.29) is 0 Å². The first-order valence-electron chi connectivity index (χ1n) is 20.4. The average Bonchev–Trinajstić information content (AvgIpc) is 3.62. The first-order valence-corrected chi connectivity index (χ1v) is 23.9. The number of benzene rings is 7. The van der Waals surface area contributed by atoms with E-state index in [9.17, 15) is 0 Å². The summed E-state index contributed by atoms with van der Waals surface area (Å²) in [7, 11) is -1.57. The number of hydrogen-bond acceptors (Lipinski definition) is 2. The molecule has 0 aliphatic rings. The summed E-state index contributed by atoms with van der Waals surface area (Å²) in [6, 6.07) is 67.1. The minimum atomic E-state index is -1.57. The summed E-state index contributed by atoms with van der Waals surface area (Å²) in [4.78, 5) is 9.89. The second-order valence-electron chi connectivity index (χ2n) is 16.8. The maximum atomic E-state index is 5.01. The molecule has 0 amide bonds. The highest BCUT2D eigenvalue weighted by Crippen LogP contribution is 2.36. The molecular formula is C55H41N3Si. The molecule has 0 unspecified atom stereocenters. The molecule has 3 nitrogen and oxygen atoms in total. The van der Waals surface area contributed by atoms with Gasteiger partial charge in [-0.05, 0) is 144 Å². The lowest BCUT2D eigenvalue weighted by Gasteiger charge is -2.17. The number of pyridine rings is 2. The van der Waals surface area contributed by atoms with Crippen LogP contribution in [0.15, 0.2) is 194 Å². The summed E-state index contributed by atoms with van der Waals surface area (Å²) in [5.74, 6) is 0.921. The van der Waals surface area contributed by atoms with Gasteiger partial charge in [-0.2, -0.15) is 0 Å². The molecule has 0 aliphatic heterocycles. The predicted molar refractivity (Wildman–Crippen MR) is 256 cm³/mol. The molecule has 0 saturated heterocycles. The average molecular weight is 772 g/mol. The minimum absolute atomic E-state index is 0.921. The molecule has 11 aromatic rings. The first kappa shape index (κ1) is 35.1. The highest BCUT2D eigenvalue weighted by atomic mass is 28.3. The lowest BCUT2D eigenvalue weighted by Crippen LogP contribution is -2.37. The molecule has 0 radical (unpaired) electrons. The zero-order valence-corrected chi connectivity index (χ0v) is 34.3. The van der Waals surface area contributed by atoms with Crippen molar-refractivity contribution in [2.75, 3.05) is 0 Å². The summed E-state index contributed by atoms with van der Waals surface area (Å²) in [6.45, 7) is 7.23. The van der Waals surface area contributed by atoms with Gasteiger partial charge in [-0.15, -0.1) is 0 Å². The van der Waals surface area contributed by atoms with Crippen LogP contribution in [-0.4, -0.2) is 22.6 Å². The fourth-order valence-corrected chi connectivity index (χ4v) is 9.94. The van der Waals surface area contributed by atoms with Gasteiger partial charge in [-0.1, -0.05) is 128 Å². The highest BCUT2D eigenvalue weighted by molar-refractivity contribution is 6.88. The monoisotopic (exact) mass is 771 g/mol. The smallest absolute Gasteiger partial charge is 0.137 e. The van der Waals surface area contributed by atoms with E-state index in [4.69, 9.17) is 9.97 Å². The van der Waals surface area contributed by atoms with Gasteiger partial charge in [-0.3, -0.25) is 9.55 Å². The van der Waals surface area contributed by atoms with E-state index in [0.717, 1.165) is 54.9 Å². The Bertz CT molecular complexity index is 3450. The third-order valence-electron chi connectivity index (χ3n) is 12.0. The molecule has 3 heterocycles. The molecule has 59 heavy (non-hydrogen) atoms. The molecule has 4 heteroatoms.